The first-order chi connectivity index (χ1) is 6.26. The second-order valence-corrected chi connectivity index (χ2v) is 2.11. The average molecular weight is 183 g/mol. The van der Waals surface area contributed by atoms with E-state index in [1.165, 1.54) is 6.08 Å². The van der Waals surface area contributed by atoms with Crippen LogP contribution >= 0.6 is 0 Å². The van der Waals surface area contributed by atoms with Crippen molar-refractivity contribution < 1.29 is 14.3 Å². The van der Waals surface area contributed by atoms with Gasteiger partial charge in [0.2, 0.25) is 0 Å². The van der Waals surface area contributed by atoms with Crippen molar-refractivity contribution in [1.82, 2.24) is 0 Å². The zero-order valence-corrected chi connectivity index (χ0v) is 7.87. The first-order valence-corrected chi connectivity index (χ1v) is 4.11. The van der Waals surface area contributed by atoms with Crippen molar-refractivity contribution in [2.45, 2.75) is 13.8 Å². The average Bonchev–Trinajstić information content (AvgIpc) is 2.13. The summed E-state index contributed by atoms with van der Waals surface area (Å²) in [5.41, 5.74) is -0.00435. The van der Waals surface area contributed by atoms with Crippen molar-refractivity contribution in [2.75, 3.05) is 19.8 Å². The zero-order chi connectivity index (χ0) is 10.1. The van der Waals surface area contributed by atoms with E-state index in [4.69, 9.17) is 10.00 Å². The minimum Gasteiger partial charge on any atom is -0.462 e. The molecular formula is C9H13NO3. The van der Waals surface area contributed by atoms with Crippen LogP contribution in [0.25, 0.3) is 0 Å². The summed E-state index contributed by atoms with van der Waals surface area (Å²) in [6, 6.07) is 1.75. The second kappa shape index (κ2) is 7.32. The lowest BCUT2D eigenvalue weighted by molar-refractivity contribution is -0.138. The van der Waals surface area contributed by atoms with Crippen LogP contribution in [0.2, 0.25) is 0 Å². The van der Waals surface area contributed by atoms with Crippen LogP contribution in [0.1, 0.15) is 13.8 Å². The van der Waals surface area contributed by atoms with Crippen molar-refractivity contribution in [1.29, 1.82) is 5.26 Å². The third-order valence-corrected chi connectivity index (χ3v) is 1.23. The predicted octanol–water partition coefficient (Wildman–Crippen LogP) is 1.04. The zero-order valence-electron chi connectivity index (χ0n) is 7.87. The number of hydrogen-bond acceptors (Lipinski definition) is 4. The highest BCUT2D eigenvalue weighted by atomic mass is 16.5. The van der Waals surface area contributed by atoms with Crippen LogP contribution in [0.5, 0.6) is 0 Å². The Bertz CT molecular complexity index is 228. The van der Waals surface area contributed by atoms with Gasteiger partial charge in [-0.1, -0.05) is 0 Å². The van der Waals surface area contributed by atoms with Gasteiger partial charge < -0.3 is 9.47 Å². The molecule has 13 heavy (non-hydrogen) atoms. The van der Waals surface area contributed by atoms with E-state index in [2.05, 4.69) is 4.74 Å². The fraction of sp³-hybridized carbons (Fsp3) is 0.556. The van der Waals surface area contributed by atoms with Gasteiger partial charge in [0, 0.05) is 6.61 Å². The topological polar surface area (TPSA) is 59.3 Å². The molecule has 4 heteroatoms. The van der Waals surface area contributed by atoms with E-state index in [9.17, 15) is 4.79 Å². The third kappa shape index (κ3) is 4.99. The van der Waals surface area contributed by atoms with Crippen molar-refractivity contribution >= 4 is 5.97 Å². The van der Waals surface area contributed by atoms with Gasteiger partial charge in [-0.2, -0.15) is 5.26 Å². The van der Waals surface area contributed by atoms with E-state index in [0.29, 0.717) is 6.61 Å². The van der Waals surface area contributed by atoms with Crippen molar-refractivity contribution in [2.24, 2.45) is 0 Å². The Morgan fingerprint density at radius 2 is 2.15 bits per heavy atom. The lowest BCUT2D eigenvalue weighted by atomic mass is 10.3. The third-order valence-electron chi connectivity index (χ3n) is 1.23. The lowest BCUT2D eigenvalue weighted by Crippen LogP contribution is -2.07. The van der Waals surface area contributed by atoms with Gasteiger partial charge in [0.25, 0.3) is 0 Å². The second-order valence-electron chi connectivity index (χ2n) is 2.11. The molecule has 0 N–H and O–H groups in total. The number of hydrogen-bond donors (Lipinski definition) is 0. The minimum absolute atomic E-state index is 0.00435. The summed E-state index contributed by atoms with van der Waals surface area (Å²) in [6.07, 6.45) is 1.42. The number of nitriles is 1. The summed E-state index contributed by atoms with van der Waals surface area (Å²) in [7, 11) is 0. The fourth-order valence-corrected chi connectivity index (χ4v) is 0.644. The Kier molecular flexibility index (Phi) is 6.56. The highest BCUT2D eigenvalue weighted by Crippen LogP contribution is 1.96. The number of rotatable bonds is 5. The van der Waals surface area contributed by atoms with E-state index in [1.807, 2.05) is 6.92 Å². The predicted molar refractivity (Wildman–Crippen MR) is 46.8 cm³/mol. The van der Waals surface area contributed by atoms with Gasteiger partial charge in [-0.3, -0.25) is 0 Å². The van der Waals surface area contributed by atoms with Gasteiger partial charge in [-0.25, -0.2) is 4.79 Å². The molecule has 0 bridgehead atoms. The molecule has 0 aliphatic rings. The molecule has 0 radical (unpaired) electrons. The lowest BCUT2D eigenvalue weighted by Gasteiger charge is -1.99. The van der Waals surface area contributed by atoms with E-state index >= 15 is 0 Å². The highest BCUT2D eigenvalue weighted by Gasteiger charge is 2.08. The molecule has 0 fully saturated rings. The number of nitrogens with zero attached hydrogens (tertiary/aromatic N) is 1. The number of carbonyl (C=O) groups excluding carboxylic acids is 1. The highest BCUT2D eigenvalue weighted by molar-refractivity contribution is 5.92. The van der Waals surface area contributed by atoms with Gasteiger partial charge >= 0.3 is 5.97 Å². The standard InChI is InChI=1S/C9H13NO3/c1-3-12-6-5-8(7-10)9(11)13-4-2/h5H,3-4,6H2,1-2H3/b8-5-. The molecule has 0 saturated heterocycles. The Hall–Kier alpha value is -1.34. The van der Waals surface area contributed by atoms with Gasteiger partial charge in [-0.05, 0) is 19.9 Å². The van der Waals surface area contributed by atoms with Gasteiger partial charge in [0.05, 0.1) is 13.2 Å². The van der Waals surface area contributed by atoms with E-state index in [0.717, 1.165) is 0 Å². The first kappa shape index (κ1) is 11.7. The molecule has 4 nitrogen and oxygen atoms in total. The maximum absolute atomic E-state index is 11.0. The van der Waals surface area contributed by atoms with Crippen LogP contribution in [-0.4, -0.2) is 25.8 Å². The van der Waals surface area contributed by atoms with E-state index in [1.54, 1.807) is 13.0 Å². The summed E-state index contributed by atoms with van der Waals surface area (Å²) >= 11 is 0. The largest absolute Gasteiger partial charge is 0.462 e. The molecule has 0 aromatic heterocycles. The molecule has 0 heterocycles. The molecule has 0 atom stereocenters. The van der Waals surface area contributed by atoms with Crippen LogP contribution in [0.4, 0.5) is 0 Å². The molecule has 0 amide bonds. The number of carbonyl (C=O) groups is 1. The fourth-order valence-electron chi connectivity index (χ4n) is 0.644. The molecule has 0 aliphatic carbocycles. The maximum atomic E-state index is 11.0. The number of ether oxygens (including phenoxy) is 2. The van der Waals surface area contributed by atoms with Crippen LogP contribution in [0, 0.1) is 11.3 Å². The van der Waals surface area contributed by atoms with Crippen LogP contribution in [0.15, 0.2) is 11.6 Å². The quantitative estimate of drug-likeness (QED) is 0.276. The smallest absolute Gasteiger partial charge is 0.348 e. The molecule has 0 aromatic rings. The van der Waals surface area contributed by atoms with Crippen LogP contribution < -0.4 is 0 Å². The summed E-state index contributed by atoms with van der Waals surface area (Å²) in [4.78, 5) is 11.0. The van der Waals surface area contributed by atoms with Crippen LogP contribution in [0.3, 0.4) is 0 Å². The van der Waals surface area contributed by atoms with Gasteiger partial charge in [0.15, 0.2) is 0 Å². The summed E-state index contributed by atoms with van der Waals surface area (Å²) in [6.45, 7) is 4.61. The minimum atomic E-state index is -0.593. The number of esters is 1. The molecular weight excluding hydrogens is 170 g/mol. The Balaban J connectivity index is 4.09. The Morgan fingerprint density at radius 3 is 2.62 bits per heavy atom. The maximum Gasteiger partial charge on any atom is 0.348 e. The summed E-state index contributed by atoms with van der Waals surface area (Å²) in [5.74, 6) is -0.593. The Labute approximate surface area is 77.8 Å². The van der Waals surface area contributed by atoms with Crippen molar-refractivity contribution in [3.8, 4) is 6.07 Å². The monoisotopic (exact) mass is 183 g/mol. The molecule has 0 unspecified atom stereocenters. The molecule has 0 aliphatic heterocycles. The van der Waals surface area contributed by atoms with Crippen molar-refractivity contribution in [3.63, 3.8) is 0 Å². The molecule has 0 spiro atoms. The normalized spacial score (nSPS) is 10.7. The van der Waals surface area contributed by atoms with Crippen LogP contribution in [-0.2, 0) is 14.3 Å². The first-order valence-electron chi connectivity index (χ1n) is 4.11. The molecule has 0 saturated carbocycles. The molecule has 0 rings (SSSR count). The van der Waals surface area contributed by atoms with E-state index in [-0.39, 0.29) is 18.8 Å². The van der Waals surface area contributed by atoms with E-state index < -0.39 is 5.97 Å². The Morgan fingerprint density at radius 1 is 1.46 bits per heavy atom. The summed E-state index contributed by atoms with van der Waals surface area (Å²) < 4.78 is 9.60. The van der Waals surface area contributed by atoms with Gasteiger partial charge in [0.1, 0.15) is 11.6 Å². The molecule has 0 aromatic carbocycles. The van der Waals surface area contributed by atoms with Gasteiger partial charge in [-0.15, -0.1) is 0 Å². The summed E-state index contributed by atoms with van der Waals surface area (Å²) in [5, 5.41) is 8.55. The molecule has 72 valence electrons. The SMILES string of the molecule is CCOC/C=C(/C#N)C(=O)OCC. The van der Waals surface area contributed by atoms with Crippen molar-refractivity contribution in [3.05, 3.63) is 11.6 Å².